The summed E-state index contributed by atoms with van der Waals surface area (Å²) in [6.07, 6.45) is 11.8. The molecule has 2 fully saturated rings. The topological polar surface area (TPSA) is 46.3 Å². The molecule has 0 aliphatic heterocycles. The zero-order valence-electron chi connectivity index (χ0n) is 16.6. The largest absolute Gasteiger partial charge is 0.360 e. The van der Waals surface area contributed by atoms with E-state index in [0.29, 0.717) is 34.1 Å². The molecule has 1 amide bonds. The van der Waals surface area contributed by atoms with Gasteiger partial charge in [-0.2, -0.15) is 0 Å². The highest BCUT2D eigenvalue weighted by atomic mass is 35.5. The Morgan fingerprint density at radius 2 is 1.57 bits per heavy atom. The van der Waals surface area contributed by atoms with Crippen molar-refractivity contribution in [1.82, 2.24) is 10.1 Å². The second-order valence-corrected chi connectivity index (χ2v) is 8.65. The Morgan fingerprint density at radius 1 is 1.00 bits per heavy atom. The SMILES string of the molecule is Cc1onc(-c2ccccc2Cl)c1C(=O)N(C1CCCCC1)C1CCCCC1. The van der Waals surface area contributed by atoms with Crippen LogP contribution in [0.3, 0.4) is 0 Å². The van der Waals surface area contributed by atoms with Gasteiger partial charge in [-0.15, -0.1) is 0 Å². The van der Waals surface area contributed by atoms with Crippen LogP contribution in [0.25, 0.3) is 11.3 Å². The van der Waals surface area contributed by atoms with E-state index in [1.807, 2.05) is 31.2 Å². The van der Waals surface area contributed by atoms with E-state index in [1.54, 1.807) is 0 Å². The molecule has 2 aromatic rings. The molecule has 0 unspecified atom stereocenters. The first-order chi connectivity index (χ1) is 13.7. The lowest BCUT2D eigenvalue weighted by Crippen LogP contribution is -2.49. The lowest BCUT2D eigenvalue weighted by molar-refractivity contribution is 0.0447. The quantitative estimate of drug-likeness (QED) is 0.595. The molecule has 2 aliphatic carbocycles. The predicted octanol–water partition coefficient (Wildman–Crippen LogP) is 6.41. The maximum absolute atomic E-state index is 13.9. The second kappa shape index (κ2) is 8.69. The van der Waals surface area contributed by atoms with Gasteiger partial charge < -0.3 is 9.42 Å². The maximum Gasteiger partial charge on any atom is 0.260 e. The van der Waals surface area contributed by atoms with Crippen LogP contribution in [0.15, 0.2) is 28.8 Å². The van der Waals surface area contributed by atoms with Gasteiger partial charge in [0.1, 0.15) is 17.0 Å². The summed E-state index contributed by atoms with van der Waals surface area (Å²) in [4.78, 5) is 16.1. The molecule has 1 heterocycles. The van der Waals surface area contributed by atoms with E-state index < -0.39 is 0 Å². The highest BCUT2D eigenvalue weighted by Gasteiger charge is 2.36. The lowest BCUT2D eigenvalue weighted by Gasteiger charge is -2.41. The van der Waals surface area contributed by atoms with Gasteiger partial charge in [0.2, 0.25) is 0 Å². The fraction of sp³-hybridized carbons (Fsp3) is 0.565. The van der Waals surface area contributed by atoms with Crippen LogP contribution in [0.2, 0.25) is 5.02 Å². The molecule has 0 N–H and O–H groups in total. The molecule has 0 radical (unpaired) electrons. The van der Waals surface area contributed by atoms with E-state index in [0.717, 1.165) is 31.2 Å². The molecule has 4 rings (SSSR count). The van der Waals surface area contributed by atoms with Crippen LogP contribution in [-0.2, 0) is 0 Å². The van der Waals surface area contributed by atoms with Crippen molar-refractivity contribution >= 4 is 17.5 Å². The second-order valence-electron chi connectivity index (χ2n) is 8.24. The fourth-order valence-corrected chi connectivity index (χ4v) is 5.16. The van der Waals surface area contributed by atoms with Crippen molar-refractivity contribution in [3.05, 3.63) is 40.6 Å². The molecule has 0 spiro atoms. The fourth-order valence-electron chi connectivity index (χ4n) is 4.94. The molecule has 0 bridgehead atoms. The Labute approximate surface area is 172 Å². The summed E-state index contributed by atoms with van der Waals surface area (Å²) in [5.41, 5.74) is 1.92. The molecule has 5 heteroatoms. The van der Waals surface area contributed by atoms with E-state index in [4.69, 9.17) is 16.1 Å². The van der Waals surface area contributed by atoms with Gasteiger partial charge in [0.25, 0.3) is 5.91 Å². The Hall–Kier alpha value is -1.81. The van der Waals surface area contributed by atoms with Gasteiger partial charge >= 0.3 is 0 Å². The molecule has 150 valence electrons. The molecule has 28 heavy (non-hydrogen) atoms. The smallest absolute Gasteiger partial charge is 0.260 e. The van der Waals surface area contributed by atoms with E-state index in [9.17, 15) is 4.79 Å². The summed E-state index contributed by atoms with van der Waals surface area (Å²) in [5, 5.41) is 4.82. The van der Waals surface area contributed by atoms with Crippen molar-refractivity contribution < 1.29 is 9.32 Å². The van der Waals surface area contributed by atoms with Gasteiger partial charge in [-0.25, -0.2) is 0 Å². The normalized spacial score (nSPS) is 18.9. The zero-order valence-corrected chi connectivity index (χ0v) is 17.4. The highest BCUT2D eigenvalue weighted by molar-refractivity contribution is 6.33. The van der Waals surface area contributed by atoms with Crippen LogP contribution in [0, 0.1) is 6.92 Å². The number of halogens is 1. The van der Waals surface area contributed by atoms with E-state index in [-0.39, 0.29) is 5.91 Å². The van der Waals surface area contributed by atoms with Crippen molar-refractivity contribution in [1.29, 1.82) is 0 Å². The van der Waals surface area contributed by atoms with E-state index in [2.05, 4.69) is 10.1 Å². The first-order valence-electron chi connectivity index (χ1n) is 10.7. The highest BCUT2D eigenvalue weighted by Crippen LogP contribution is 2.36. The van der Waals surface area contributed by atoms with Crippen molar-refractivity contribution in [3.8, 4) is 11.3 Å². The molecular weight excluding hydrogens is 372 g/mol. The van der Waals surface area contributed by atoms with Gasteiger partial charge in [0.15, 0.2) is 0 Å². The van der Waals surface area contributed by atoms with Crippen LogP contribution >= 0.6 is 11.6 Å². The molecule has 1 aromatic carbocycles. The van der Waals surface area contributed by atoms with Gasteiger partial charge in [0.05, 0.1) is 5.02 Å². The minimum Gasteiger partial charge on any atom is -0.360 e. The number of hydrogen-bond acceptors (Lipinski definition) is 3. The summed E-state index contributed by atoms with van der Waals surface area (Å²) in [6, 6.07) is 8.20. The summed E-state index contributed by atoms with van der Waals surface area (Å²) < 4.78 is 5.49. The van der Waals surface area contributed by atoms with E-state index >= 15 is 0 Å². The Morgan fingerprint density at radius 3 is 2.14 bits per heavy atom. The predicted molar refractivity (Wildman–Crippen MR) is 112 cm³/mol. The molecule has 4 nitrogen and oxygen atoms in total. The third-order valence-electron chi connectivity index (χ3n) is 6.38. The Bertz CT molecular complexity index is 802. The Balaban J connectivity index is 1.72. The van der Waals surface area contributed by atoms with Crippen LogP contribution < -0.4 is 0 Å². The number of hydrogen-bond donors (Lipinski definition) is 0. The van der Waals surface area contributed by atoms with Crippen molar-refractivity contribution in [3.63, 3.8) is 0 Å². The van der Waals surface area contributed by atoms with Crippen LogP contribution in [0.1, 0.15) is 80.3 Å². The summed E-state index contributed by atoms with van der Waals surface area (Å²) in [7, 11) is 0. The maximum atomic E-state index is 13.9. The summed E-state index contributed by atoms with van der Waals surface area (Å²) in [6.45, 7) is 1.83. The number of aromatic nitrogens is 1. The van der Waals surface area contributed by atoms with Gasteiger partial charge in [-0.05, 0) is 38.7 Å². The molecule has 0 atom stereocenters. The number of aryl methyl sites for hydroxylation is 1. The van der Waals surface area contributed by atoms with Crippen molar-refractivity contribution in [2.45, 2.75) is 83.2 Å². The monoisotopic (exact) mass is 400 g/mol. The van der Waals surface area contributed by atoms with Gasteiger partial charge in [-0.1, -0.05) is 73.5 Å². The molecule has 2 saturated carbocycles. The third-order valence-corrected chi connectivity index (χ3v) is 6.71. The molecule has 1 aromatic heterocycles. The van der Waals surface area contributed by atoms with Crippen LogP contribution in [0.5, 0.6) is 0 Å². The average Bonchev–Trinajstić information content (AvgIpc) is 3.11. The number of nitrogens with zero attached hydrogens (tertiary/aromatic N) is 2. The number of rotatable bonds is 4. The number of benzene rings is 1. The third kappa shape index (κ3) is 3.84. The summed E-state index contributed by atoms with van der Waals surface area (Å²) >= 11 is 6.42. The lowest BCUT2D eigenvalue weighted by atomic mass is 9.87. The number of amides is 1. The summed E-state index contributed by atoms with van der Waals surface area (Å²) in [5.74, 6) is 0.656. The Kier molecular flexibility index (Phi) is 6.05. The van der Waals surface area contributed by atoms with E-state index in [1.165, 1.54) is 38.5 Å². The first-order valence-corrected chi connectivity index (χ1v) is 11.1. The van der Waals surface area contributed by atoms with Crippen molar-refractivity contribution in [2.75, 3.05) is 0 Å². The number of carbonyl (C=O) groups excluding carboxylic acids is 1. The van der Waals surface area contributed by atoms with Gasteiger partial charge in [0, 0.05) is 17.6 Å². The minimum atomic E-state index is 0.0764. The molecule has 0 saturated heterocycles. The van der Waals surface area contributed by atoms with Crippen LogP contribution in [0.4, 0.5) is 0 Å². The van der Waals surface area contributed by atoms with Crippen molar-refractivity contribution in [2.24, 2.45) is 0 Å². The standard InChI is InChI=1S/C23H29ClN2O2/c1-16-21(22(25-28-16)19-14-8-9-15-20(19)24)23(27)26(17-10-4-2-5-11-17)18-12-6-3-7-13-18/h8-9,14-15,17-18H,2-7,10-13H2,1H3. The molecule has 2 aliphatic rings. The zero-order chi connectivity index (χ0) is 19.5. The minimum absolute atomic E-state index is 0.0764. The molecular formula is C23H29ClN2O2. The van der Waals surface area contributed by atoms with Gasteiger partial charge in [-0.3, -0.25) is 4.79 Å². The number of carbonyl (C=O) groups is 1. The first kappa shape index (κ1) is 19.5. The average molecular weight is 401 g/mol. The van der Waals surface area contributed by atoms with Crippen LogP contribution in [-0.4, -0.2) is 28.0 Å².